The second-order valence-electron chi connectivity index (χ2n) is 8.99. The maximum Gasteiger partial charge on any atom is 0.265 e. The molecule has 0 amide bonds. The van der Waals surface area contributed by atoms with Gasteiger partial charge in [0.25, 0.3) is 10.0 Å². The molecular formula is C20H31N3O3S2. The summed E-state index contributed by atoms with van der Waals surface area (Å²) in [6, 6.07) is 7.06. The Morgan fingerprint density at radius 2 is 1.71 bits per heavy atom. The third kappa shape index (κ3) is 5.03. The predicted molar refractivity (Wildman–Crippen MR) is 116 cm³/mol. The number of benzene rings is 1. The Hall–Kier alpha value is -1.67. The molecule has 156 valence electrons. The normalized spacial score (nSPS) is 14.1. The first-order valence-electron chi connectivity index (χ1n) is 9.20. The van der Waals surface area contributed by atoms with Crippen LogP contribution in [0, 0.1) is 13.8 Å². The summed E-state index contributed by atoms with van der Waals surface area (Å²) in [4.78, 5) is 0.200. The van der Waals surface area contributed by atoms with Gasteiger partial charge in [0.05, 0.1) is 16.9 Å². The van der Waals surface area contributed by atoms with Crippen molar-refractivity contribution in [1.82, 2.24) is 9.78 Å². The summed E-state index contributed by atoms with van der Waals surface area (Å²) in [5, 5.41) is 4.43. The third-order valence-electron chi connectivity index (χ3n) is 4.29. The highest BCUT2D eigenvalue weighted by molar-refractivity contribution is 7.92. The summed E-state index contributed by atoms with van der Waals surface area (Å²) < 4.78 is 42.6. The third-order valence-corrected chi connectivity index (χ3v) is 7.88. The van der Waals surface area contributed by atoms with E-state index in [0.29, 0.717) is 22.8 Å². The Labute approximate surface area is 171 Å². The van der Waals surface area contributed by atoms with Gasteiger partial charge in [0.1, 0.15) is 4.90 Å². The van der Waals surface area contributed by atoms with E-state index in [0.717, 1.165) is 5.56 Å². The van der Waals surface area contributed by atoms with E-state index in [4.69, 9.17) is 0 Å². The average Bonchev–Trinajstić information content (AvgIpc) is 2.81. The maximum absolute atomic E-state index is 13.1. The van der Waals surface area contributed by atoms with Crippen LogP contribution in [0.1, 0.15) is 58.5 Å². The number of sulfonamides is 1. The van der Waals surface area contributed by atoms with Crippen molar-refractivity contribution in [3.05, 3.63) is 41.2 Å². The van der Waals surface area contributed by atoms with Gasteiger partial charge in [0, 0.05) is 27.0 Å². The van der Waals surface area contributed by atoms with Gasteiger partial charge in [0.2, 0.25) is 0 Å². The van der Waals surface area contributed by atoms with Crippen molar-refractivity contribution in [3.63, 3.8) is 0 Å². The maximum atomic E-state index is 13.1. The molecule has 0 saturated heterocycles. The van der Waals surface area contributed by atoms with Gasteiger partial charge < -0.3 is 0 Å². The van der Waals surface area contributed by atoms with Gasteiger partial charge in [-0.3, -0.25) is 13.6 Å². The van der Waals surface area contributed by atoms with Crippen LogP contribution >= 0.6 is 0 Å². The number of aromatic nitrogens is 2. The largest absolute Gasteiger partial charge is 0.280 e. The van der Waals surface area contributed by atoms with Crippen LogP contribution in [0.25, 0.3) is 0 Å². The standard InChI is InChI=1S/C20H31N3O3S2/c1-14-18(15(2)23(21-14)19(3,4)5)28(25,26)22-17-11-9-10-16(12-17)13-27(24)20(6,7)8/h9-12,22H,13H2,1-8H3. The molecule has 0 fully saturated rings. The zero-order valence-corrected chi connectivity index (χ0v) is 19.6. The van der Waals surface area contributed by atoms with Gasteiger partial charge >= 0.3 is 0 Å². The summed E-state index contributed by atoms with van der Waals surface area (Å²) >= 11 is 0. The zero-order chi connectivity index (χ0) is 21.5. The van der Waals surface area contributed by atoms with Crippen molar-refractivity contribution in [3.8, 4) is 0 Å². The summed E-state index contributed by atoms with van der Waals surface area (Å²) in [5.74, 6) is 0.374. The van der Waals surface area contributed by atoms with Crippen molar-refractivity contribution in [1.29, 1.82) is 0 Å². The molecule has 28 heavy (non-hydrogen) atoms. The van der Waals surface area contributed by atoms with E-state index >= 15 is 0 Å². The molecule has 1 aromatic heterocycles. The Kier molecular flexibility index (Phi) is 6.16. The van der Waals surface area contributed by atoms with Crippen molar-refractivity contribution >= 4 is 26.5 Å². The fourth-order valence-corrected chi connectivity index (χ4v) is 5.33. The lowest BCUT2D eigenvalue weighted by Gasteiger charge is -2.21. The van der Waals surface area contributed by atoms with Gasteiger partial charge in [-0.25, -0.2) is 8.42 Å². The average molecular weight is 426 g/mol. The highest BCUT2D eigenvalue weighted by Gasteiger charge is 2.28. The number of hydrogen-bond acceptors (Lipinski definition) is 4. The van der Waals surface area contributed by atoms with E-state index in [-0.39, 0.29) is 15.2 Å². The Morgan fingerprint density at radius 3 is 2.21 bits per heavy atom. The number of nitrogens with zero attached hydrogens (tertiary/aromatic N) is 2. The van der Waals surface area contributed by atoms with Gasteiger partial charge in [-0.05, 0) is 73.1 Å². The summed E-state index contributed by atoms with van der Waals surface area (Å²) in [5.41, 5.74) is 2.02. The lowest BCUT2D eigenvalue weighted by Crippen LogP contribution is -2.25. The topological polar surface area (TPSA) is 81.1 Å². The molecule has 8 heteroatoms. The van der Waals surface area contributed by atoms with Gasteiger partial charge in [-0.2, -0.15) is 5.10 Å². The number of aryl methyl sites for hydroxylation is 1. The molecule has 0 aliphatic rings. The van der Waals surface area contributed by atoms with E-state index in [2.05, 4.69) is 9.82 Å². The van der Waals surface area contributed by atoms with Crippen molar-refractivity contribution in [2.75, 3.05) is 4.72 Å². The smallest absolute Gasteiger partial charge is 0.265 e. The second kappa shape index (κ2) is 7.63. The molecular weight excluding hydrogens is 394 g/mol. The van der Waals surface area contributed by atoms with Gasteiger partial charge in [-0.15, -0.1) is 0 Å². The van der Waals surface area contributed by atoms with Crippen molar-refractivity contribution in [2.24, 2.45) is 0 Å². The summed E-state index contributed by atoms with van der Waals surface area (Å²) in [7, 11) is -4.86. The summed E-state index contributed by atoms with van der Waals surface area (Å²) in [6.45, 7) is 15.2. The lowest BCUT2D eigenvalue weighted by atomic mass is 10.1. The Bertz CT molecular complexity index is 995. The van der Waals surface area contributed by atoms with E-state index in [1.54, 1.807) is 36.7 Å². The predicted octanol–water partition coefficient (Wildman–Crippen LogP) is 4.10. The van der Waals surface area contributed by atoms with E-state index < -0.39 is 20.8 Å². The number of nitrogens with one attached hydrogen (secondary N) is 1. The molecule has 1 atom stereocenters. The van der Waals surface area contributed by atoms with Gasteiger partial charge in [-0.1, -0.05) is 12.1 Å². The van der Waals surface area contributed by atoms with Crippen LogP contribution < -0.4 is 4.72 Å². The minimum atomic E-state index is -3.80. The number of rotatable bonds is 5. The first kappa shape index (κ1) is 22.6. The molecule has 1 heterocycles. The van der Waals surface area contributed by atoms with Crippen LogP contribution in [-0.2, 0) is 32.1 Å². The molecule has 1 N–H and O–H groups in total. The highest BCUT2D eigenvalue weighted by atomic mass is 32.2. The van der Waals surface area contributed by atoms with Crippen molar-refractivity contribution in [2.45, 2.75) is 76.3 Å². The van der Waals surface area contributed by atoms with E-state index in [1.807, 2.05) is 47.6 Å². The Balaban J connectivity index is 2.35. The SMILES string of the molecule is Cc1nn(C(C)(C)C)c(C)c1S(=O)(=O)Nc1cccc(CS(=O)C(C)(C)C)c1. The minimum Gasteiger partial charge on any atom is -0.280 e. The molecule has 2 rings (SSSR count). The second-order valence-corrected chi connectivity index (χ2v) is 12.8. The molecule has 0 spiro atoms. The lowest BCUT2D eigenvalue weighted by molar-refractivity contribution is 0.345. The molecule has 0 saturated carbocycles. The minimum absolute atomic E-state index is 0.200. The molecule has 0 radical (unpaired) electrons. The van der Waals surface area contributed by atoms with Crippen LogP contribution in [0.3, 0.4) is 0 Å². The molecule has 1 unspecified atom stereocenters. The molecule has 0 bridgehead atoms. The first-order chi connectivity index (χ1) is 12.6. The number of hydrogen-bond donors (Lipinski definition) is 1. The van der Waals surface area contributed by atoms with Gasteiger partial charge in [0.15, 0.2) is 0 Å². The molecule has 6 nitrogen and oxygen atoms in total. The molecule has 0 aliphatic carbocycles. The van der Waals surface area contributed by atoms with Crippen LogP contribution in [0.4, 0.5) is 5.69 Å². The molecule has 2 aromatic rings. The van der Waals surface area contributed by atoms with Crippen LogP contribution in [-0.4, -0.2) is 27.2 Å². The monoisotopic (exact) mass is 425 g/mol. The first-order valence-corrected chi connectivity index (χ1v) is 12.0. The summed E-state index contributed by atoms with van der Waals surface area (Å²) in [6.07, 6.45) is 0. The van der Waals surface area contributed by atoms with Crippen molar-refractivity contribution < 1.29 is 12.6 Å². The fourth-order valence-electron chi connectivity index (χ4n) is 2.97. The Morgan fingerprint density at radius 1 is 1.11 bits per heavy atom. The van der Waals surface area contributed by atoms with Crippen LogP contribution in [0.15, 0.2) is 29.2 Å². The van der Waals surface area contributed by atoms with Crippen LogP contribution in [0.2, 0.25) is 0 Å². The quantitative estimate of drug-likeness (QED) is 0.782. The van der Waals surface area contributed by atoms with Crippen LogP contribution in [0.5, 0.6) is 0 Å². The fraction of sp³-hybridized carbons (Fsp3) is 0.550. The van der Waals surface area contributed by atoms with E-state index in [1.165, 1.54) is 0 Å². The highest BCUT2D eigenvalue weighted by Crippen LogP contribution is 2.27. The zero-order valence-electron chi connectivity index (χ0n) is 18.0. The van der Waals surface area contributed by atoms with E-state index in [9.17, 15) is 12.6 Å². The molecule has 0 aliphatic heterocycles. The molecule has 1 aromatic carbocycles. The number of anilines is 1.